The number of thiol groups is 1. The molecular formula is C14H18INO3S2. The molecule has 116 valence electrons. The summed E-state index contributed by atoms with van der Waals surface area (Å²) in [6.07, 6.45) is 0. The number of aliphatic carboxylic acids is 1. The van der Waals surface area contributed by atoms with E-state index < -0.39 is 12.0 Å². The highest BCUT2D eigenvalue weighted by atomic mass is 127. The summed E-state index contributed by atoms with van der Waals surface area (Å²) >= 11 is 7.77. The van der Waals surface area contributed by atoms with E-state index in [1.807, 2.05) is 24.3 Å². The Labute approximate surface area is 148 Å². The highest BCUT2D eigenvalue weighted by molar-refractivity contribution is 14.1. The van der Waals surface area contributed by atoms with Crippen molar-refractivity contribution in [2.24, 2.45) is 5.92 Å². The quantitative estimate of drug-likeness (QED) is 0.431. The summed E-state index contributed by atoms with van der Waals surface area (Å²) in [5.41, 5.74) is 1.14. The van der Waals surface area contributed by atoms with Gasteiger partial charge < -0.3 is 10.4 Å². The fourth-order valence-electron chi connectivity index (χ4n) is 1.45. The van der Waals surface area contributed by atoms with E-state index in [4.69, 9.17) is 5.11 Å². The number of carboxylic acids is 1. The van der Waals surface area contributed by atoms with Crippen molar-refractivity contribution in [3.63, 3.8) is 0 Å². The van der Waals surface area contributed by atoms with Gasteiger partial charge in [-0.25, -0.2) is 4.79 Å². The van der Waals surface area contributed by atoms with Gasteiger partial charge in [-0.2, -0.15) is 24.4 Å². The van der Waals surface area contributed by atoms with Gasteiger partial charge in [0.05, 0.1) is 0 Å². The van der Waals surface area contributed by atoms with Crippen molar-refractivity contribution >= 4 is 58.9 Å². The molecule has 21 heavy (non-hydrogen) atoms. The van der Waals surface area contributed by atoms with Crippen LogP contribution in [0.25, 0.3) is 0 Å². The average Bonchev–Trinajstić information content (AvgIpc) is 2.46. The number of thioether (sulfide) groups is 1. The van der Waals surface area contributed by atoms with Crippen LogP contribution < -0.4 is 5.32 Å². The lowest BCUT2D eigenvalue weighted by Gasteiger charge is -2.16. The Morgan fingerprint density at radius 2 is 2.00 bits per heavy atom. The third kappa shape index (κ3) is 6.92. The molecule has 1 aromatic rings. The van der Waals surface area contributed by atoms with Gasteiger partial charge in [-0.1, -0.05) is 19.1 Å². The molecule has 7 heteroatoms. The van der Waals surface area contributed by atoms with Crippen LogP contribution in [0, 0.1) is 9.49 Å². The van der Waals surface area contributed by atoms with Crippen molar-refractivity contribution in [2.75, 3.05) is 11.5 Å². The molecular weight excluding hydrogens is 421 g/mol. The number of hydrogen-bond donors (Lipinski definition) is 3. The lowest BCUT2D eigenvalue weighted by atomic mass is 10.2. The second-order valence-electron chi connectivity index (χ2n) is 4.62. The van der Waals surface area contributed by atoms with E-state index in [0.717, 1.165) is 14.9 Å². The second-order valence-corrected chi connectivity index (χ2v) is 7.27. The van der Waals surface area contributed by atoms with E-state index in [1.165, 1.54) is 11.8 Å². The Morgan fingerprint density at radius 1 is 1.38 bits per heavy atom. The summed E-state index contributed by atoms with van der Waals surface area (Å²) in [6.45, 7) is 1.72. The summed E-state index contributed by atoms with van der Waals surface area (Å²) in [5, 5.41) is 11.7. The molecule has 0 saturated heterocycles. The summed E-state index contributed by atoms with van der Waals surface area (Å²) in [4.78, 5) is 22.9. The molecule has 4 nitrogen and oxygen atoms in total. The number of halogens is 1. The SMILES string of the molecule is C[C@H](CS)C(=O)N[C@H](CSCc1ccc(I)cc1)C(=O)O. The number of carbonyl (C=O) groups is 2. The molecule has 0 bridgehead atoms. The van der Waals surface area contributed by atoms with Crippen LogP contribution in [0.2, 0.25) is 0 Å². The van der Waals surface area contributed by atoms with Crippen molar-refractivity contribution in [3.8, 4) is 0 Å². The third-order valence-electron chi connectivity index (χ3n) is 2.80. The monoisotopic (exact) mass is 439 g/mol. The number of carboxylic acid groups (broad SMARTS) is 1. The number of hydrogen-bond acceptors (Lipinski definition) is 4. The van der Waals surface area contributed by atoms with Crippen LogP contribution in [-0.2, 0) is 15.3 Å². The second kappa shape index (κ2) is 9.58. The van der Waals surface area contributed by atoms with Crippen molar-refractivity contribution in [2.45, 2.75) is 18.7 Å². The first-order valence-electron chi connectivity index (χ1n) is 6.40. The zero-order valence-corrected chi connectivity index (χ0v) is 15.5. The van der Waals surface area contributed by atoms with Crippen LogP contribution in [0.3, 0.4) is 0 Å². The third-order valence-corrected chi connectivity index (χ3v) is 5.18. The van der Waals surface area contributed by atoms with Crippen molar-refractivity contribution in [3.05, 3.63) is 33.4 Å². The molecule has 0 aromatic heterocycles. The molecule has 0 unspecified atom stereocenters. The molecule has 2 atom stereocenters. The molecule has 0 spiro atoms. The molecule has 0 aliphatic carbocycles. The van der Waals surface area contributed by atoms with Crippen LogP contribution in [0.4, 0.5) is 0 Å². The van der Waals surface area contributed by atoms with Gasteiger partial charge in [-0.15, -0.1) is 0 Å². The Hall–Kier alpha value is -0.410. The van der Waals surface area contributed by atoms with Crippen molar-refractivity contribution in [1.82, 2.24) is 5.32 Å². The maximum atomic E-state index is 11.7. The van der Waals surface area contributed by atoms with Gasteiger partial charge in [0, 0.05) is 26.7 Å². The number of nitrogens with one attached hydrogen (secondary N) is 1. The topological polar surface area (TPSA) is 66.4 Å². The largest absolute Gasteiger partial charge is 0.480 e. The maximum Gasteiger partial charge on any atom is 0.327 e. The Bertz CT molecular complexity index is 482. The lowest BCUT2D eigenvalue weighted by Crippen LogP contribution is -2.45. The van der Waals surface area contributed by atoms with Crippen molar-refractivity contribution < 1.29 is 14.7 Å². The number of amides is 1. The fraction of sp³-hybridized carbons (Fsp3) is 0.429. The number of carbonyl (C=O) groups excluding carboxylic acids is 1. The molecule has 0 fully saturated rings. The molecule has 1 aromatic carbocycles. The minimum atomic E-state index is -1.01. The molecule has 1 amide bonds. The predicted molar refractivity (Wildman–Crippen MR) is 97.9 cm³/mol. The van der Waals surface area contributed by atoms with Gasteiger partial charge in [0.25, 0.3) is 0 Å². The van der Waals surface area contributed by atoms with Crippen LogP contribution >= 0.6 is 47.0 Å². The van der Waals surface area contributed by atoms with Crippen LogP contribution in [-0.4, -0.2) is 34.5 Å². The Kier molecular flexibility index (Phi) is 8.50. The summed E-state index contributed by atoms with van der Waals surface area (Å²) in [7, 11) is 0. The smallest absolute Gasteiger partial charge is 0.327 e. The zero-order chi connectivity index (χ0) is 15.8. The first-order chi connectivity index (χ1) is 9.93. The van der Waals surface area contributed by atoms with Crippen LogP contribution in [0.5, 0.6) is 0 Å². The van der Waals surface area contributed by atoms with Crippen molar-refractivity contribution in [1.29, 1.82) is 0 Å². The molecule has 0 aliphatic rings. The van der Waals surface area contributed by atoms with Crippen LogP contribution in [0.1, 0.15) is 12.5 Å². The van der Waals surface area contributed by atoms with E-state index >= 15 is 0 Å². The van der Waals surface area contributed by atoms with E-state index in [9.17, 15) is 9.59 Å². The first kappa shape index (κ1) is 18.6. The summed E-state index contributed by atoms with van der Waals surface area (Å²) in [6, 6.07) is 7.20. The maximum absolute atomic E-state index is 11.7. The van der Waals surface area contributed by atoms with Gasteiger partial charge in [0.2, 0.25) is 5.91 Å². The molecule has 0 saturated carbocycles. The lowest BCUT2D eigenvalue weighted by molar-refractivity contribution is -0.141. The van der Waals surface area contributed by atoms with E-state index in [-0.39, 0.29) is 11.8 Å². The minimum absolute atomic E-state index is 0.271. The van der Waals surface area contributed by atoms with Gasteiger partial charge >= 0.3 is 5.97 Å². The van der Waals surface area contributed by atoms with E-state index in [0.29, 0.717) is 11.5 Å². The molecule has 0 heterocycles. The highest BCUT2D eigenvalue weighted by Gasteiger charge is 2.22. The Morgan fingerprint density at radius 3 is 2.52 bits per heavy atom. The Balaban J connectivity index is 2.46. The van der Waals surface area contributed by atoms with E-state index in [2.05, 4.69) is 40.5 Å². The van der Waals surface area contributed by atoms with Gasteiger partial charge in [-0.3, -0.25) is 4.79 Å². The molecule has 1 rings (SSSR count). The summed E-state index contributed by atoms with van der Waals surface area (Å²) in [5.74, 6) is -0.118. The molecule has 0 aliphatic heterocycles. The zero-order valence-electron chi connectivity index (χ0n) is 11.6. The highest BCUT2D eigenvalue weighted by Crippen LogP contribution is 2.15. The summed E-state index contributed by atoms with van der Waals surface area (Å²) < 4.78 is 1.16. The minimum Gasteiger partial charge on any atom is -0.480 e. The van der Waals surface area contributed by atoms with Gasteiger partial charge in [0.15, 0.2) is 0 Å². The normalized spacial score (nSPS) is 13.5. The van der Waals surface area contributed by atoms with Gasteiger partial charge in [0.1, 0.15) is 6.04 Å². The predicted octanol–water partition coefficient (Wildman–Crippen LogP) is 2.66. The molecule has 2 N–H and O–H groups in total. The standard InChI is InChI=1S/C14H18INO3S2/c1-9(6-20)13(17)16-12(14(18)19)8-21-7-10-2-4-11(15)5-3-10/h2-5,9,12,20H,6-8H2,1H3,(H,16,17)(H,18,19)/t9-,12-/m1/s1. The fourth-order valence-corrected chi connectivity index (χ4v) is 2.98. The number of rotatable bonds is 8. The molecule has 0 radical (unpaired) electrons. The first-order valence-corrected chi connectivity index (χ1v) is 9.27. The van der Waals surface area contributed by atoms with Crippen LogP contribution in [0.15, 0.2) is 24.3 Å². The van der Waals surface area contributed by atoms with E-state index in [1.54, 1.807) is 6.92 Å². The van der Waals surface area contributed by atoms with Gasteiger partial charge in [-0.05, 0) is 40.3 Å². The average molecular weight is 439 g/mol. The number of benzene rings is 1.